The van der Waals surface area contributed by atoms with Crippen molar-refractivity contribution in [1.82, 2.24) is 20.1 Å². The largest absolute Gasteiger partial charge is 0.494 e. The maximum absolute atomic E-state index is 16.1. The molecule has 49 heavy (non-hydrogen) atoms. The minimum atomic E-state index is -5.49. The van der Waals surface area contributed by atoms with Crippen LogP contribution in [0.4, 0.5) is 35.1 Å². The summed E-state index contributed by atoms with van der Waals surface area (Å²) in [4.78, 5) is 30.0. The van der Waals surface area contributed by atoms with Crippen LogP contribution < -0.4 is 20.5 Å². The number of rotatable bonds is 9. The van der Waals surface area contributed by atoms with Crippen molar-refractivity contribution >= 4 is 22.7 Å². The van der Waals surface area contributed by atoms with Crippen LogP contribution in [0.25, 0.3) is 22.2 Å². The third-order valence-corrected chi connectivity index (χ3v) is 8.88. The Morgan fingerprint density at radius 3 is 2.47 bits per heavy atom. The van der Waals surface area contributed by atoms with Crippen molar-refractivity contribution in [2.45, 2.75) is 49.2 Å². The van der Waals surface area contributed by atoms with Crippen molar-refractivity contribution in [3.63, 3.8) is 0 Å². The van der Waals surface area contributed by atoms with E-state index >= 15 is 8.78 Å². The predicted molar refractivity (Wildman–Crippen MR) is 153 cm³/mol. The highest BCUT2D eigenvalue weighted by Crippen LogP contribution is 2.55. The molecule has 1 unspecified atom stereocenters. The number of nitrogens with two attached hydrogens (primary N) is 1. The Kier molecular flexibility index (Phi) is 7.80. The number of carbonyl (C=O) groups excluding carboxylic acids is 2. The number of aliphatic hydroxyl groups is 1. The molecule has 2 aromatic heterocycles. The number of alkyl halides is 6. The van der Waals surface area contributed by atoms with Gasteiger partial charge in [0.2, 0.25) is 5.91 Å². The number of ether oxygens (including phenoxy) is 2. The number of pyridine rings is 1. The molecule has 2 aromatic carbocycles. The Labute approximate surface area is 270 Å². The molecule has 1 fully saturated rings. The molecule has 3 heterocycles. The molecular weight excluding hydrogens is 674 g/mol. The lowest BCUT2D eigenvalue weighted by Gasteiger charge is -2.33. The van der Waals surface area contributed by atoms with Gasteiger partial charge in [0.15, 0.2) is 5.60 Å². The molecule has 0 bridgehead atoms. The van der Waals surface area contributed by atoms with Gasteiger partial charge < -0.3 is 25.6 Å². The molecule has 1 aliphatic carbocycles. The van der Waals surface area contributed by atoms with Gasteiger partial charge in [-0.1, -0.05) is 0 Å². The van der Waals surface area contributed by atoms with Gasteiger partial charge in [-0.3, -0.25) is 9.59 Å². The van der Waals surface area contributed by atoms with E-state index in [1.165, 1.54) is 26.2 Å². The van der Waals surface area contributed by atoms with E-state index in [1.54, 1.807) is 0 Å². The Morgan fingerprint density at radius 1 is 1.18 bits per heavy atom. The number of nitrogens with zero attached hydrogens (tertiary/aromatic N) is 3. The highest BCUT2D eigenvalue weighted by Gasteiger charge is 2.62. The lowest BCUT2D eigenvalue weighted by molar-refractivity contribution is -0.142. The number of carbonyl (C=O) groups is 2. The molecule has 2 atom stereocenters. The number of hydrogen-bond donors (Lipinski definition) is 3. The summed E-state index contributed by atoms with van der Waals surface area (Å²) in [6.45, 7) is -3.14. The smallest absolute Gasteiger partial charge is 0.422 e. The molecule has 0 saturated heterocycles. The zero-order valence-electron chi connectivity index (χ0n) is 25.4. The number of halogens is 8. The van der Waals surface area contributed by atoms with Gasteiger partial charge in [-0.25, -0.2) is 22.8 Å². The summed E-state index contributed by atoms with van der Waals surface area (Å²) in [6, 6.07) is 4.36. The summed E-state index contributed by atoms with van der Waals surface area (Å²) >= 11 is 0. The summed E-state index contributed by atoms with van der Waals surface area (Å²) in [5.41, 5.74) is -6.26. The average molecular weight is 700 g/mol. The van der Waals surface area contributed by atoms with Crippen LogP contribution in [0.5, 0.6) is 11.5 Å². The van der Waals surface area contributed by atoms with Crippen LogP contribution in [-0.4, -0.2) is 57.6 Å². The van der Waals surface area contributed by atoms with Gasteiger partial charge >= 0.3 is 12.7 Å². The number of primary amides is 1. The monoisotopic (exact) mass is 699 g/mol. The maximum atomic E-state index is 16.1. The Morgan fingerprint density at radius 2 is 1.88 bits per heavy atom. The second kappa shape index (κ2) is 11.3. The molecule has 2 aliphatic rings. The van der Waals surface area contributed by atoms with Gasteiger partial charge in [-0.2, -0.15) is 27.1 Å². The summed E-state index contributed by atoms with van der Waals surface area (Å²) in [6.07, 6.45) is -5.07. The molecule has 1 aliphatic heterocycles. The van der Waals surface area contributed by atoms with Crippen molar-refractivity contribution < 1.29 is 59.3 Å². The standard InChI is InChI=1S/C31H25F8N5O5/c1-28(26(40)46)12-49-24-16(28)9-19(42-23(24)15-3-4-17(32)20(21(15)33)31(37,38)39)30(47,29(36)5-6-29)11-41-25(45)13-7-14-10-44(27(34)35)43-22(14)18(8-13)48-2/h3-4,7-10,27,47H,5-6,11-12H2,1-2H3,(H2,40,46)(H,41,45)/t28-,30?/m0/s1. The maximum Gasteiger partial charge on any atom is 0.422 e. The van der Waals surface area contributed by atoms with Crippen molar-refractivity contribution in [3.05, 3.63) is 70.5 Å². The van der Waals surface area contributed by atoms with Crippen LogP contribution in [0.15, 0.2) is 36.5 Å². The van der Waals surface area contributed by atoms with E-state index in [9.17, 15) is 41.0 Å². The first-order chi connectivity index (χ1) is 22.8. The summed E-state index contributed by atoms with van der Waals surface area (Å²) in [5.74, 6) is -6.43. The van der Waals surface area contributed by atoms with Crippen molar-refractivity contribution in [2.75, 3.05) is 20.3 Å². The molecule has 6 rings (SSSR count). The van der Waals surface area contributed by atoms with E-state index in [4.69, 9.17) is 15.2 Å². The molecule has 18 heteroatoms. The molecule has 0 radical (unpaired) electrons. The lowest BCUT2D eigenvalue weighted by atomic mass is 9.80. The fraction of sp³-hybridized carbons (Fsp3) is 0.355. The number of fused-ring (bicyclic) bond motifs is 2. The van der Waals surface area contributed by atoms with Gasteiger partial charge in [0.25, 0.3) is 5.91 Å². The number of amides is 2. The van der Waals surface area contributed by atoms with Crippen molar-refractivity contribution in [1.29, 1.82) is 0 Å². The number of hydrogen-bond acceptors (Lipinski definition) is 7. The van der Waals surface area contributed by atoms with Crippen LogP contribution in [-0.2, 0) is 22.0 Å². The van der Waals surface area contributed by atoms with E-state index in [-0.39, 0.29) is 40.6 Å². The average Bonchev–Trinajstić information content (AvgIpc) is 3.48. The minimum absolute atomic E-state index is 0.00726. The zero-order chi connectivity index (χ0) is 35.8. The molecule has 4 aromatic rings. The molecule has 10 nitrogen and oxygen atoms in total. The summed E-state index contributed by atoms with van der Waals surface area (Å²) in [7, 11) is 1.21. The summed E-state index contributed by atoms with van der Waals surface area (Å²) in [5, 5.41) is 18.1. The van der Waals surface area contributed by atoms with Gasteiger partial charge in [0.1, 0.15) is 57.6 Å². The molecule has 260 valence electrons. The fourth-order valence-electron chi connectivity index (χ4n) is 5.80. The Hall–Kier alpha value is -5.00. The highest BCUT2D eigenvalue weighted by molar-refractivity contribution is 6.00. The van der Waals surface area contributed by atoms with E-state index in [1.807, 2.05) is 0 Å². The first kappa shape index (κ1) is 33.9. The van der Waals surface area contributed by atoms with Crippen LogP contribution in [0.1, 0.15) is 53.5 Å². The normalized spacial score (nSPS) is 19.3. The van der Waals surface area contributed by atoms with Gasteiger partial charge in [-0.05, 0) is 50.1 Å². The Balaban J connectivity index is 1.46. The first-order valence-corrected chi connectivity index (χ1v) is 14.4. The van der Waals surface area contributed by atoms with E-state index in [0.717, 1.165) is 12.3 Å². The number of methoxy groups -OCH3 is 1. The molecular formula is C31H25F8N5O5. The van der Waals surface area contributed by atoms with Crippen LogP contribution in [0.2, 0.25) is 0 Å². The fourth-order valence-corrected chi connectivity index (χ4v) is 5.80. The van der Waals surface area contributed by atoms with E-state index in [0.29, 0.717) is 16.8 Å². The molecule has 0 spiro atoms. The second-order valence-corrected chi connectivity index (χ2v) is 12.0. The molecule has 1 saturated carbocycles. The number of nitrogens with one attached hydrogen (secondary N) is 1. The second-order valence-electron chi connectivity index (χ2n) is 12.0. The summed E-state index contributed by atoms with van der Waals surface area (Å²) < 4.78 is 124. The third kappa shape index (κ3) is 5.37. The van der Waals surface area contributed by atoms with Gasteiger partial charge in [0, 0.05) is 28.3 Å². The zero-order valence-corrected chi connectivity index (χ0v) is 25.4. The van der Waals surface area contributed by atoms with E-state index in [2.05, 4.69) is 15.4 Å². The van der Waals surface area contributed by atoms with Crippen molar-refractivity contribution in [2.24, 2.45) is 5.73 Å². The van der Waals surface area contributed by atoms with E-state index < -0.39 is 94.3 Å². The first-order valence-electron chi connectivity index (χ1n) is 14.4. The van der Waals surface area contributed by atoms with Crippen molar-refractivity contribution in [3.8, 4) is 22.8 Å². The third-order valence-electron chi connectivity index (χ3n) is 8.88. The Bertz CT molecular complexity index is 2030. The lowest BCUT2D eigenvalue weighted by Crippen LogP contribution is -2.49. The quantitative estimate of drug-likeness (QED) is 0.208. The molecule has 2 amide bonds. The highest BCUT2D eigenvalue weighted by atomic mass is 19.4. The van der Waals surface area contributed by atoms with Crippen LogP contribution in [0.3, 0.4) is 0 Å². The predicted octanol–water partition coefficient (Wildman–Crippen LogP) is 5.05. The van der Waals surface area contributed by atoms with Gasteiger partial charge in [-0.15, -0.1) is 0 Å². The van der Waals surface area contributed by atoms with Gasteiger partial charge in [0.05, 0.1) is 19.3 Å². The number of aromatic nitrogens is 3. The van der Waals surface area contributed by atoms with Crippen LogP contribution in [0, 0.1) is 11.6 Å². The number of benzene rings is 2. The molecule has 4 N–H and O–H groups in total. The van der Waals surface area contributed by atoms with Crippen LogP contribution >= 0.6 is 0 Å². The SMILES string of the molecule is COc1cc(C(=O)NCC(O)(c2cc3c(c(-c4ccc(F)c(C(F)(F)F)c4F)n2)OC[C@]3(C)C(N)=O)C2(F)CC2)cc2cn(C(F)F)nc12. The minimum Gasteiger partial charge on any atom is -0.494 e. The topological polar surface area (TPSA) is 142 Å².